The number of benzene rings is 5. The number of pyridine rings is 3. The number of rotatable bonds is 20. The molecule has 0 saturated carbocycles. The van der Waals surface area contributed by atoms with Gasteiger partial charge in [0.2, 0.25) is 45.4 Å². The number of nitrogens with zero attached hydrogens (tertiary/aromatic N) is 8. The molecule has 3 fully saturated rings. The summed E-state index contributed by atoms with van der Waals surface area (Å²) < 4.78 is 126. The minimum absolute atomic E-state index is 0. The van der Waals surface area contributed by atoms with Crippen LogP contribution in [0.1, 0.15) is 111 Å². The van der Waals surface area contributed by atoms with E-state index in [9.17, 15) is 86.7 Å². The summed E-state index contributed by atoms with van der Waals surface area (Å²) in [6, 6.07) is 35.7. The summed E-state index contributed by atoms with van der Waals surface area (Å²) in [6.07, 6.45) is 6.26. The number of aromatic hydroxyl groups is 1. The summed E-state index contributed by atoms with van der Waals surface area (Å²) in [7, 11) is -5.86. The molecule has 3 amide bonds. The molecule has 9 heterocycles. The maximum atomic E-state index is 13.5. The number of carbonyl (C=O) groups is 6. The van der Waals surface area contributed by atoms with Gasteiger partial charge >= 0.3 is 0 Å². The second-order valence-corrected chi connectivity index (χ2v) is 33.1. The maximum Gasteiger partial charge on any atom is 0.275 e. The van der Waals surface area contributed by atoms with Gasteiger partial charge in [-0.3, -0.25) is 48.5 Å². The van der Waals surface area contributed by atoms with Crippen LogP contribution in [0.3, 0.4) is 0 Å². The molecular formula is C75H78ClF3IN9O18PdS3-2. The minimum Gasteiger partial charge on any atom is -1.00 e. The Bertz CT molecular complexity index is 5390. The van der Waals surface area contributed by atoms with Crippen molar-refractivity contribution in [3.8, 4) is 17.2 Å². The van der Waals surface area contributed by atoms with E-state index in [4.69, 9.17) is 9.47 Å². The van der Waals surface area contributed by atoms with Crippen LogP contribution in [-0.4, -0.2) is 179 Å². The van der Waals surface area contributed by atoms with Crippen LogP contribution in [0.15, 0.2) is 166 Å². The van der Waals surface area contributed by atoms with Crippen molar-refractivity contribution in [3.05, 3.63) is 269 Å². The molecule has 0 bridgehead atoms. The van der Waals surface area contributed by atoms with Crippen molar-refractivity contribution in [1.82, 2.24) is 42.3 Å². The SMILES string of the molecule is CS(=O)(=O)Cl.CS(=O)(=O)N1CCN2C(=O)c3c(O)c(=O)c(C(=O)CCc4ccc(F)cc4)cn3CC21.CS(=O)(=O)N1CCN2C(=O)c3c(OCc4ccccc4)c(=O)c(C(=O)CCc4ccc(F)cc4)cn3CC21.O=C(CCc1ccc(F)cc1)c1cn2c(c(OCc3ccccc3)c1=O)C(=O)N1CCNC1C2.[CH3-].[HH].[I-].[Pd]. The third-order valence-electron chi connectivity index (χ3n) is 18.7. The third-order valence-corrected chi connectivity index (χ3v) is 21.3. The van der Waals surface area contributed by atoms with Crippen LogP contribution >= 0.6 is 10.7 Å². The van der Waals surface area contributed by atoms with Gasteiger partial charge in [-0.05, 0) is 83.5 Å². The molecule has 3 saturated heterocycles. The molecule has 596 valence electrons. The summed E-state index contributed by atoms with van der Waals surface area (Å²) in [5.74, 6) is -5.11. The normalized spacial score (nSPS) is 16.8. The van der Waals surface area contributed by atoms with Gasteiger partial charge in [0.1, 0.15) is 49.2 Å². The van der Waals surface area contributed by atoms with Crippen molar-refractivity contribution in [1.29, 1.82) is 0 Å². The molecule has 3 aromatic heterocycles. The van der Waals surface area contributed by atoms with Gasteiger partial charge in [-0.25, -0.2) is 38.4 Å². The molecule has 5 aromatic carbocycles. The van der Waals surface area contributed by atoms with E-state index >= 15 is 0 Å². The second-order valence-electron chi connectivity index (χ2n) is 26.2. The Kier molecular flexibility index (Phi) is 29.2. The van der Waals surface area contributed by atoms with E-state index in [1.807, 2.05) is 60.7 Å². The summed E-state index contributed by atoms with van der Waals surface area (Å²) in [6.45, 7) is 2.34. The van der Waals surface area contributed by atoms with Crippen LogP contribution in [0.25, 0.3) is 0 Å². The number of aromatic nitrogens is 3. The van der Waals surface area contributed by atoms with E-state index in [-0.39, 0.29) is 213 Å². The molecule has 2 N–H and O–H groups in total. The second kappa shape index (κ2) is 37.1. The first-order valence-corrected chi connectivity index (χ1v) is 40.3. The van der Waals surface area contributed by atoms with Crippen molar-refractivity contribution in [2.24, 2.45) is 0 Å². The van der Waals surface area contributed by atoms with E-state index in [1.165, 1.54) is 94.7 Å². The molecule has 3 unspecified atom stereocenters. The van der Waals surface area contributed by atoms with Gasteiger partial charge in [0.15, 0.2) is 51.7 Å². The molecule has 0 radical (unpaired) electrons. The average Bonchev–Trinajstić information content (AvgIpc) is 1.57. The fourth-order valence-electron chi connectivity index (χ4n) is 13.4. The van der Waals surface area contributed by atoms with Gasteiger partial charge in [0.25, 0.3) is 17.7 Å². The van der Waals surface area contributed by atoms with Gasteiger partial charge in [-0.1, -0.05) is 97.1 Å². The molecule has 14 rings (SSSR count). The number of ether oxygens (including phenoxy) is 2. The van der Waals surface area contributed by atoms with E-state index in [1.54, 1.807) is 33.7 Å². The first-order chi connectivity index (χ1) is 51.2. The molecular weight excluding hydrogens is 1740 g/mol. The van der Waals surface area contributed by atoms with Gasteiger partial charge < -0.3 is 74.4 Å². The number of nitrogens with one attached hydrogen (secondary N) is 1. The topological polar surface area (TPSA) is 338 Å². The molecule has 36 heteroatoms. The molecule has 111 heavy (non-hydrogen) atoms. The summed E-state index contributed by atoms with van der Waals surface area (Å²) in [5.41, 5.74) is 1.11. The molecule has 3 atom stereocenters. The Morgan fingerprint density at radius 1 is 0.477 bits per heavy atom. The zero-order chi connectivity index (χ0) is 77.7. The van der Waals surface area contributed by atoms with Gasteiger partial charge in [0, 0.05) is 110 Å². The largest absolute Gasteiger partial charge is 1.00 e. The van der Waals surface area contributed by atoms with Crippen LogP contribution in [0, 0.1) is 24.9 Å². The predicted molar refractivity (Wildman–Crippen MR) is 397 cm³/mol. The Balaban J connectivity index is 0.000000223. The number of amides is 3. The van der Waals surface area contributed by atoms with Crippen LogP contribution in [0.2, 0.25) is 0 Å². The van der Waals surface area contributed by atoms with E-state index < -0.39 is 92.7 Å². The molecule has 6 aliphatic heterocycles. The van der Waals surface area contributed by atoms with Crippen molar-refractivity contribution in [3.63, 3.8) is 0 Å². The van der Waals surface area contributed by atoms with Crippen LogP contribution < -0.4 is 55.1 Å². The number of fused-ring (bicyclic) bond motifs is 6. The van der Waals surface area contributed by atoms with Crippen molar-refractivity contribution < 1.29 is 128 Å². The van der Waals surface area contributed by atoms with E-state index in [0.717, 1.165) is 41.0 Å². The third kappa shape index (κ3) is 20.8. The molecule has 6 aliphatic rings. The van der Waals surface area contributed by atoms with Gasteiger partial charge in [-0.2, -0.15) is 8.61 Å². The van der Waals surface area contributed by atoms with Gasteiger partial charge in [-0.15, -0.1) is 0 Å². The summed E-state index contributed by atoms with van der Waals surface area (Å²) >= 11 is 0. The fourth-order valence-corrected chi connectivity index (χ4v) is 15.5. The van der Waals surface area contributed by atoms with Crippen LogP contribution in [0.4, 0.5) is 13.2 Å². The van der Waals surface area contributed by atoms with E-state index in [0.29, 0.717) is 31.6 Å². The van der Waals surface area contributed by atoms with Crippen LogP contribution in [0.5, 0.6) is 17.2 Å². The van der Waals surface area contributed by atoms with Crippen molar-refractivity contribution >= 4 is 74.9 Å². The number of aryl methyl sites for hydroxylation is 3. The van der Waals surface area contributed by atoms with Crippen LogP contribution in [-0.2, 0) is 102 Å². The Morgan fingerprint density at radius 3 is 1.16 bits per heavy atom. The zero-order valence-corrected chi connectivity index (χ0v) is 67.0. The monoisotopic (exact) mass is 1810 g/mol. The molecule has 0 aliphatic carbocycles. The molecule has 27 nitrogen and oxygen atoms in total. The first kappa shape index (κ1) is 87.5. The Hall–Kier alpha value is -9.03. The standard InChI is InChI=1S/C27H26FN3O6S.C26H24FN3O4.C20H20FN3O6S.CH3ClO2S.CH3.HI.Pd.H2/c1-38(35,36)31-14-13-30-23(31)16-29-15-21(22(32)12-9-18-7-10-20(28)11-8-18)25(33)26(24(29)27(30)34)37-17-19-5-3-2-4-6-19;27-19-9-6-17(7-10-19)8-11-21(31)20-14-29-15-22-28-12-13-30(22)26(33)23(29)25(24(20)32)34-16-18-4-2-1-3-5-18;1-31(29,30)24-9-8-23-16(24)11-22-10-14(18(26)19(27)17(22)20(23)28)15(25)7-4-12-2-5-13(21)6-3-12;1-5(2,3)4;;;;/h2-8,10-11,15,23H,9,12-14,16-17H2,1H3;1-7,9-10,14,22,28H,8,11-13,15-16H2;2-3,5-6,10,16,27H,4,7-9,11H2,1H3;1H3;1H3;1H;;1H/q;;;;-1;;;/p-1. The van der Waals surface area contributed by atoms with Gasteiger partial charge in [0.05, 0.1) is 55.1 Å². The van der Waals surface area contributed by atoms with E-state index in [2.05, 4.69) is 16.0 Å². The number of Topliss-reactive ketones (excluding diaryl/α,β-unsaturated/α-hetero) is 3. The number of sulfonamides is 2. The number of halogens is 5. The summed E-state index contributed by atoms with van der Waals surface area (Å²) in [5, 5.41) is 13.7. The number of ketones is 3. The zero-order valence-electron chi connectivity index (χ0n) is 60.1. The quantitative estimate of drug-likeness (QED) is 0.0361. The first-order valence-electron chi connectivity index (χ1n) is 33.9. The average molecular weight is 1820 g/mol. The maximum absolute atomic E-state index is 13.5. The van der Waals surface area contributed by atoms with Crippen molar-refractivity contribution in [2.75, 3.05) is 58.0 Å². The van der Waals surface area contributed by atoms with Crippen molar-refractivity contribution in [2.45, 2.75) is 89.9 Å². The number of hydrogen-bond acceptors (Lipinski definition) is 19. The minimum atomic E-state index is -3.59. The predicted octanol–water partition coefficient (Wildman–Crippen LogP) is 3.65. The number of carbonyl (C=O) groups excluding carboxylic acids is 6. The Morgan fingerprint density at radius 2 is 0.802 bits per heavy atom. The summed E-state index contributed by atoms with van der Waals surface area (Å²) in [4.78, 5) is 122. The number of hydrogen-bond donors (Lipinski definition) is 2. The fraction of sp³-hybridized carbons (Fsp3) is 0.307. The molecule has 8 aromatic rings. The Labute approximate surface area is 674 Å². The smallest absolute Gasteiger partial charge is 0.275 e. The molecule has 0 spiro atoms.